The number of H-pyrrole nitrogens is 1. The normalized spacial score (nSPS) is 10.6. The lowest BCUT2D eigenvalue weighted by Gasteiger charge is -2.05. The minimum atomic E-state index is -1.41. The first kappa shape index (κ1) is 10.1. The predicted molar refractivity (Wildman–Crippen MR) is 48.6 cm³/mol. The first-order valence-electron chi connectivity index (χ1n) is 4.20. The molecule has 0 saturated heterocycles. The SMILES string of the molecule is O=c1[nH]c(=O)n(Cc2ccon2)c(O)c1F. The van der Waals surface area contributed by atoms with Gasteiger partial charge in [0.25, 0.3) is 5.56 Å². The van der Waals surface area contributed by atoms with Gasteiger partial charge >= 0.3 is 5.69 Å². The van der Waals surface area contributed by atoms with E-state index in [1.807, 2.05) is 0 Å². The van der Waals surface area contributed by atoms with Crippen molar-refractivity contribution in [2.75, 3.05) is 0 Å². The summed E-state index contributed by atoms with van der Waals surface area (Å²) in [6.45, 7) is -0.200. The molecule has 84 valence electrons. The van der Waals surface area contributed by atoms with Crippen molar-refractivity contribution in [2.45, 2.75) is 6.54 Å². The predicted octanol–water partition coefficient (Wildman–Crippen LogP) is -0.582. The summed E-state index contributed by atoms with van der Waals surface area (Å²) in [6, 6.07) is 1.44. The molecule has 0 spiro atoms. The Labute approximate surface area is 86.8 Å². The van der Waals surface area contributed by atoms with Crippen LogP contribution >= 0.6 is 0 Å². The van der Waals surface area contributed by atoms with Crippen LogP contribution in [0.1, 0.15) is 5.69 Å². The molecule has 2 N–H and O–H groups in total. The Morgan fingerprint density at radius 2 is 2.31 bits per heavy atom. The molecule has 0 aliphatic carbocycles. The lowest BCUT2D eigenvalue weighted by atomic mass is 10.4. The Bertz CT molecular complexity index is 613. The van der Waals surface area contributed by atoms with E-state index in [0.29, 0.717) is 10.3 Å². The van der Waals surface area contributed by atoms with Crippen LogP contribution in [0, 0.1) is 5.82 Å². The third-order valence-electron chi connectivity index (χ3n) is 1.93. The zero-order chi connectivity index (χ0) is 11.7. The van der Waals surface area contributed by atoms with Crippen LogP contribution in [0.2, 0.25) is 0 Å². The second kappa shape index (κ2) is 3.65. The van der Waals surface area contributed by atoms with Crippen LogP contribution in [0.5, 0.6) is 5.88 Å². The van der Waals surface area contributed by atoms with Gasteiger partial charge in [-0.25, -0.2) is 4.79 Å². The number of nitrogens with one attached hydrogen (secondary N) is 1. The molecule has 0 fully saturated rings. The molecule has 0 bridgehead atoms. The maximum Gasteiger partial charge on any atom is 0.331 e. The largest absolute Gasteiger partial charge is 0.492 e. The second-order valence-electron chi connectivity index (χ2n) is 2.97. The van der Waals surface area contributed by atoms with E-state index in [-0.39, 0.29) is 6.54 Å². The smallest absolute Gasteiger partial charge is 0.331 e. The number of aromatic hydroxyl groups is 1. The van der Waals surface area contributed by atoms with Crippen LogP contribution in [-0.2, 0) is 6.54 Å². The molecule has 0 aliphatic rings. The fraction of sp³-hybridized carbons (Fsp3) is 0.125. The minimum absolute atomic E-state index is 0.200. The number of hydrogen-bond acceptors (Lipinski definition) is 5. The standard InChI is InChI=1S/C8H6FN3O4/c9-5-6(13)10-8(15)12(7(5)14)3-4-1-2-16-11-4/h1-2,14H,3H2,(H,10,13,15). The quantitative estimate of drug-likeness (QED) is 0.714. The number of aromatic nitrogens is 3. The van der Waals surface area contributed by atoms with Crippen molar-refractivity contribution in [2.24, 2.45) is 0 Å². The highest BCUT2D eigenvalue weighted by Crippen LogP contribution is 2.09. The zero-order valence-electron chi connectivity index (χ0n) is 7.81. The van der Waals surface area contributed by atoms with E-state index < -0.39 is 22.9 Å². The summed E-state index contributed by atoms with van der Waals surface area (Å²) in [5.41, 5.74) is -1.88. The fourth-order valence-electron chi connectivity index (χ4n) is 1.16. The third-order valence-corrected chi connectivity index (χ3v) is 1.93. The Morgan fingerprint density at radius 1 is 1.56 bits per heavy atom. The molecule has 0 aromatic carbocycles. The van der Waals surface area contributed by atoms with E-state index >= 15 is 0 Å². The first-order chi connectivity index (χ1) is 7.59. The number of halogens is 1. The van der Waals surface area contributed by atoms with Crippen LogP contribution in [0.25, 0.3) is 0 Å². The Hall–Kier alpha value is -2.38. The van der Waals surface area contributed by atoms with E-state index in [2.05, 4.69) is 9.68 Å². The highest BCUT2D eigenvalue weighted by Gasteiger charge is 2.14. The number of nitrogens with zero attached hydrogens (tertiary/aromatic N) is 2. The van der Waals surface area contributed by atoms with Crippen molar-refractivity contribution < 1.29 is 14.0 Å². The van der Waals surface area contributed by atoms with Gasteiger partial charge in [-0.1, -0.05) is 5.16 Å². The Balaban J connectivity index is 2.53. The Kier molecular flexibility index (Phi) is 2.31. The van der Waals surface area contributed by atoms with Crippen molar-refractivity contribution in [3.8, 4) is 5.88 Å². The van der Waals surface area contributed by atoms with Gasteiger partial charge < -0.3 is 9.63 Å². The molecule has 2 heterocycles. The lowest BCUT2D eigenvalue weighted by molar-refractivity contribution is 0.361. The average Bonchev–Trinajstić information content (AvgIpc) is 2.74. The van der Waals surface area contributed by atoms with Crippen molar-refractivity contribution in [1.82, 2.24) is 14.7 Å². The highest BCUT2D eigenvalue weighted by molar-refractivity contribution is 5.11. The summed E-state index contributed by atoms with van der Waals surface area (Å²) in [5.74, 6) is -2.44. The monoisotopic (exact) mass is 227 g/mol. The van der Waals surface area contributed by atoms with Gasteiger partial charge in [-0.05, 0) is 0 Å². The van der Waals surface area contributed by atoms with E-state index in [4.69, 9.17) is 0 Å². The molecule has 16 heavy (non-hydrogen) atoms. The topological polar surface area (TPSA) is 101 Å². The minimum Gasteiger partial charge on any atom is -0.492 e. The third kappa shape index (κ3) is 1.60. The van der Waals surface area contributed by atoms with E-state index in [0.717, 1.165) is 0 Å². The van der Waals surface area contributed by atoms with Crippen molar-refractivity contribution in [1.29, 1.82) is 0 Å². The summed E-state index contributed by atoms with van der Waals surface area (Å²) in [7, 11) is 0. The fourth-order valence-corrected chi connectivity index (χ4v) is 1.16. The number of aromatic amines is 1. The van der Waals surface area contributed by atoms with E-state index in [9.17, 15) is 19.1 Å². The van der Waals surface area contributed by atoms with Crippen LogP contribution in [0.4, 0.5) is 4.39 Å². The molecule has 0 saturated carbocycles. The summed E-state index contributed by atoms with van der Waals surface area (Å²) in [5, 5.41) is 12.8. The van der Waals surface area contributed by atoms with Crippen LogP contribution in [-0.4, -0.2) is 19.8 Å². The lowest BCUT2D eigenvalue weighted by Crippen LogP contribution is -2.32. The molecule has 8 heteroatoms. The second-order valence-corrected chi connectivity index (χ2v) is 2.97. The van der Waals surface area contributed by atoms with E-state index in [1.54, 1.807) is 4.98 Å². The zero-order valence-corrected chi connectivity index (χ0v) is 7.81. The highest BCUT2D eigenvalue weighted by atomic mass is 19.1. The molecule has 7 nitrogen and oxygen atoms in total. The maximum absolute atomic E-state index is 13.0. The van der Waals surface area contributed by atoms with Crippen molar-refractivity contribution in [3.63, 3.8) is 0 Å². The number of rotatable bonds is 2. The average molecular weight is 227 g/mol. The van der Waals surface area contributed by atoms with Crippen molar-refractivity contribution >= 4 is 0 Å². The molecule has 2 rings (SSSR count). The van der Waals surface area contributed by atoms with Gasteiger partial charge in [0, 0.05) is 6.07 Å². The first-order valence-corrected chi connectivity index (χ1v) is 4.20. The molecule has 0 aliphatic heterocycles. The summed E-state index contributed by atoms with van der Waals surface area (Å²) < 4.78 is 18.1. The number of hydrogen-bond donors (Lipinski definition) is 2. The van der Waals surface area contributed by atoms with Gasteiger partial charge in [0.15, 0.2) is 0 Å². The van der Waals surface area contributed by atoms with Crippen molar-refractivity contribution in [3.05, 3.63) is 44.7 Å². The van der Waals surface area contributed by atoms with Crippen LogP contribution in [0.15, 0.2) is 26.4 Å². The van der Waals surface area contributed by atoms with Gasteiger partial charge in [-0.2, -0.15) is 4.39 Å². The Morgan fingerprint density at radius 3 is 2.94 bits per heavy atom. The van der Waals surface area contributed by atoms with Crippen LogP contribution in [0.3, 0.4) is 0 Å². The van der Waals surface area contributed by atoms with Gasteiger partial charge in [0.1, 0.15) is 12.0 Å². The molecule has 0 atom stereocenters. The molecule has 0 radical (unpaired) electrons. The molecule has 2 aromatic heterocycles. The summed E-state index contributed by atoms with van der Waals surface area (Å²) >= 11 is 0. The summed E-state index contributed by atoms with van der Waals surface area (Å²) in [4.78, 5) is 23.8. The molecular weight excluding hydrogens is 221 g/mol. The maximum atomic E-state index is 13.0. The molecular formula is C8H6FN3O4. The van der Waals surface area contributed by atoms with Gasteiger partial charge in [-0.15, -0.1) is 0 Å². The molecule has 0 unspecified atom stereocenters. The van der Waals surface area contributed by atoms with Gasteiger partial charge in [-0.3, -0.25) is 14.3 Å². The van der Waals surface area contributed by atoms with Crippen LogP contribution < -0.4 is 11.2 Å². The molecule has 2 aromatic rings. The van der Waals surface area contributed by atoms with Gasteiger partial charge in [0.05, 0.1) is 6.54 Å². The van der Waals surface area contributed by atoms with Gasteiger partial charge in [0.2, 0.25) is 11.7 Å². The molecule has 0 amide bonds. The van der Waals surface area contributed by atoms with E-state index in [1.165, 1.54) is 12.3 Å². The summed E-state index contributed by atoms with van der Waals surface area (Å²) in [6.07, 6.45) is 1.26.